The number of allylic oxidation sites excluding steroid dienone is 12. The van der Waals surface area contributed by atoms with Crippen LogP contribution in [-0.4, -0.2) is 37.2 Å². The molecule has 0 aromatic carbocycles. The summed E-state index contributed by atoms with van der Waals surface area (Å²) in [6, 6.07) is 0. The van der Waals surface area contributed by atoms with Gasteiger partial charge in [0.05, 0.1) is 0 Å². The lowest BCUT2D eigenvalue weighted by Gasteiger charge is -2.18. The minimum Gasteiger partial charge on any atom is -0.462 e. The van der Waals surface area contributed by atoms with Gasteiger partial charge in [0.2, 0.25) is 0 Å². The van der Waals surface area contributed by atoms with Crippen molar-refractivity contribution < 1.29 is 28.6 Å². The Bertz CT molecular complexity index is 1240. The highest BCUT2D eigenvalue weighted by molar-refractivity contribution is 5.71. The van der Waals surface area contributed by atoms with Crippen LogP contribution in [0.5, 0.6) is 0 Å². The third-order valence-electron chi connectivity index (χ3n) is 11.9. The lowest BCUT2D eigenvalue weighted by Crippen LogP contribution is -2.30. The number of rotatable bonds is 50. The van der Waals surface area contributed by atoms with Crippen LogP contribution in [0.4, 0.5) is 0 Å². The number of carbonyl (C=O) groups excluding carboxylic acids is 3. The van der Waals surface area contributed by atoms with Crippen LogP contribution >= 0.6 is 0 Å². The third kappa shape index (κ3) is 51.8. The molecule has 0 fully saturated rings. The predicted molar refractivity (Wildman–Crippen MR) is 284 cm³/mol. The molecule has 0 aromatic rings. The number of unbranched alkanes of at least 4 members (excludes halogenated alkanes) is 27. The standard InChI is InChI=1S/C60H104O6/c1-4-7-10-13-16-19-22-25-27-28-29-30-31-32-33-36-38-41-44-47-50-53-59(62)65-56-57(55-64-58(61)52-49-46-43-40-37-34-24-21-18-15-12-9-6-3)66-60(63)54-51-48-45-42-39-35-26-23-20-17-14-11-8-5-2/h7,10,16,19,23,25-27,29-30,32-33,57H,4-6,8-9,11-15,17-18,20-22,24,28,31,34-56H2,1-3H3/b10-7-,19-16-,26-23-,27-25-,30-29-,33-32-. The second-order valence-corrected chi connectivity index (χ2v) is 18.5. The summed E-state index contributed by atoms with van der Waals surface area (Å²) < 4.78 is 16.8. The van der Waals surface area contributed by atoms with Crippen LogP contribution in [0.3, 0.4) is 0 Å². The second kappa shape index (κ2) is 54.5. The molecule has 0 aromatic heterocycles. The van der Waals surface area contributed by atoms with Gasteiger partial charge in [-0.15, -0.1) is 0 Å². The maximum atomic E-state index is 12.8. The van der Waals surface area contributed by atoms with Gasteiger partial charge in [0.25, 0.3) is 0 Å². The van der Waals surface area contributed by atoms with Crippen LogP contribution < -0.4 is 0 Å². The van der Waals surface area contributed by atoms with Gasteiger partial charge < -0.3 is 14.2 Å². The molecular formula is C60H104O6. The number of hydrogen-bond acceptors (Lipinski definition) is 6. The Kier molecular flexibility index (Phi) is 51.9. The van der Waals surface area contributed by atoms with Crippen molar-refractivity contribution in [2.24, 2.45) is 0 Å². The first-order chi connectivity index (χ1) is 32.5. The highest BCUT2D eigenvalue weighted by Gasteiger charge is 2.19. The molecular weight excluding hydrogens is 817 g/mol. The average Bonchev–Trinajstić information content (AvgIpc) is 3.31. The molecule has 380 valence electrons. The summed E-state index contributed by atoms with van der Waals surface area (Å²) in [6.45, 7) is 6.51. The first-order valence-corrected chi connectivity index (χ1v) is 27.9. The van der Waals surface area contributed by atoms with Crippen molar-refractivity contribution in [1.29, 1.82) is 0 Å². The first kappa shape index (κ1) is 62.8. The van der Waals surface area contributed by atoms with E-state index in [2.05, 4.69) is 93.7 Å². The fraction of sp³-hybridized carbons (Fsp3) is 0.750. The summed E-state index contributed by atoms with van der Waals surface area (Å²) in [5.41, 5.74) is 0. The molecule has 0 bridgehead atoms. The van der Waals surface area contributed by atoms with Crippen molar-refractivity contribution in [1.82, 2.24) is 0 Å². The molecule has 66 heavy (non-hydrogen) atoms. The topological polar surface area (TPSA) is 78.9 Å². The molecule has 0 N–H and O–H groups in total. The number of carbonyl (C=O) groups is 3. The lowest BCUT2D eigenvalue weighted by atomic mass is 10.0. The van der Waals surface area contributed by atoms with E-state index in [0.717, 1.165) is 122 Å². The fourth-order valence-electron chi connectivity index (χ4n) is 7.76. The zero-order chi connectivity index (χ0) is 47.9. The molecule has 0 aliphatic rings. The van der Waals surface area contributed by atoms with E-state index in [1.54, 1.807) is 0 Å². The molecule has 0 aliphatic heterocycles. The van der Waals surface area contributed by atoms with Gasteiger partial charge in [0.1, 0.15) is 13.2 Å². The molecule has 0 amide bonds. The number of esters is 3. The van der Waals surface area contributed by atoms with E-state index < -0.39 is 6.10 Å². The molecule has 1 atom stereocenters. The van der Waals surface area contributed by atoms with Crippen molar-refractivity contribution in [2.45, 2.75) is 277 Å². The molecule has 6 heteroatoms. The van der Waals surface area contributed by atoms with Gasteiger partial charge in [-0.3, -0.25) is 14.4 Å². The summed E-state index contributed by atoms with van der Waals surface area (Å²) in [6.07, 6.45) is 68.8. The van der Waals surface area contributed by atoms with E-state index in [0.29, 0.717) is 19.3 Å². The van der Waals surface area contributed by atoms with Gasteiger partial charge in [0, 0.05) is 19.3 Å². The molecule has 1 unspecified atom stereocenters. The number of ether oxygens (including phenoxy) is 3. The van der Waals surface area contributed by atoms with E-state index in [4.69, 9.17) is 14.2 Å². The summed E-state index contributed by atoms with van der Waals surface area (Å²) in [5, 5.41) is 0. The minimum atomic E-state index is -0.786. The van der Waals surface area contributed by atoms with E-state index in [1.165, 1.54) is 109 Å². The smallest absolute Gasteiger partial charge is 0.306 e. The molecule has 6 nitrogen and oxygen atoms in total. The maximum absolute atomic E-state index is 12.8. The van der Waals surface area contributed by atoms with Gasteiger partial charge in [-0.1, -0.05) is 235 Å². The van der Waals surface area contributed by atoms with Crippen LogP contribution in [-0.2, 0) is 28.6 Å². The van der Waals surface area contributed by atoms with Crippen molar-refractivity contribution >= 4 is 17.9 Å². The van der Waals surface area contributed by atoms with E-state index >= 15 is 0 Å². The molecule has 0 radical (unpaired) electrons. The maximum Gasteiger partial charge on any atom is 0.306 e. The van der Waals surface area contributed by atoms with Crippen LogP contribution in [0.15, 0.2) is 72.9 Å². The molecule has 0 saturated carbocycles. The Morgan fingerprint density at radius 2 is 0.591 bits per heavy atom. The van der Waals surface area contributed by atoms with Crippen molar-refractivity contribution in [2.75, 3.05) is 13.2 Å². The quantitative estimate of drug-likeness (QED) is 0.0262. The van der Waals surface area contributed by atoms with Gasteiger partial charge in [-0.05, 0) is 89.9 Å². The van der Waals surface area contributed by atoms with E-state index in [-0.39, 0.29) is 31.1 Å². The summed E-state index contributed by atoms with van der Waals surface area (Å²) in [7, 11) is 0. The van der Waals surface area contributed by atoms with Crippen LogP contribution in [0, 0.1) is 0 Å². The van der Waals surface area contributed by atoms with Crippen LogP contribution in [0.1, 0.15) is 271 Å². The highest BCUT2D eigenvalue weighted by atomic mass is 16.6. The van der Waals surface area contributed by atoms with Gasteiger partial charge in [-0.2, -0.15) is 0 Å². The monoisotopic (exact) mass is 921 g/mol. The first-order valence-electron chi connectivity index (χ1n) is 27.9. The van der Waals surface area contributed by atoms with Gasteiger partial charge in [0.15, 0.2) is 6.10 Å². The van der Waals surface area contributed by atoms with Crippen molar-refractivity contribution in [3.63, 3.8) is 0 Å². The van der Waals surface area contributed by atoms with E-state index in [9.17, 15) is 14.4 Å². The zero-order valence-electron chi connectivity index (χ0n) is 43.4. The van der Waals surface area contributed by atoms with Crippen molar-refractivity contribution in [3.8, 4) is 0 Å². The Balaban J connectivity index is 4.39. The largest absolute Gasteiger partial charge is 0.462 e. The van der Waals surface area contributed by atoms with Gasteiger partial charge >= 0.3 is 17.9 Å². The van der Waals surface area contributed by atoms with Crippen LogP contribution in [0.25, 0.3) is 0 Å². The second-order valence-electron chi connectivity index (χ2n) is 18.5. The molecule has 0 saturated heterocycles. The molecule has 0 aliphatic carbocycles. The molecule has 0 rings (SSSR count). The van der Waals surface area contributed by atoms with E-state index in [1.807, 2.05) is 0 Å². The fourth-order valence-corrected chi connectivity index (χ4v) is 7.76. The highest BCUT2D eigenvalue weighted by Crippen LogP contribution is 2.15. The Labute approximate surface area is 408 Å². The Morgan fingerprint density at radius 3 is 0.939 bits per heavy atom. The predicted octanol–water partition coefficient (Wildman–Crippen LogP) is 18.6. The Hall–Kier alpha value is -3.15. The summed E-state index contributed by atoms with van der Waals surface area (Å²) in [4.78, 5) is 38.1. The molecule has 0 spiro atoms. The normalized spacial score (nSPS) is 12.6. The minimum absolute atomic E-state index is 0.0829. The number of hydrogen-bond donors (Lipinski definition) is 0. The average molecular weight is 921 g/mol. The van der Waals surface area contributed by atoms with Gasteiger partial charge in [-0.25, -0.2) is 0 Å². The lowest BCUT2D eigenvalue weighted by molar-refractivity contribution is -0.167. The summed E-state index contributed by atoms with van der Waals surface area (Å²) >= 11 is 0. The molecule has 0 heterocycles. The zero-order valence-corrected chi connectivity index (χ0v) is 43.4. The third-order valence-corrected chi connectivity index (χ3v) is 11.9. The SMILES string of the molecule is CC/C=C\C/C=C\C/C=C\C/C=C\C/C=C\CCCCCCCC(=O)OCC(COC(=O)CCCCCCCCCCCCCCC)OC(=O)CCCCCCC/C=C\CCCCCCC. The summed E-state index contributed by atoms with van der Waals surface area (Å²) in [5.74, 6) is -0.904. The van der Waals surface area contributed by atoms with Crippen LogP contribution in [0.2, 0.25) is 0 Å². The van der Waals surface area contributed by atoms with Crippen molar-refractivity contribution in [3.05, 3.63) is 72.9 Å². The Morgan fingerprint density at radius 1 is 0.318 bits per heavy atom.